The molecule has 1 amide bonds. The van der Waals surface area contributed by atoms with Crippen molar-refractivity contribution in [2.45, 2.75) is 52.1 Å². The van der Waals surface area contributed by atoms with Crippen LogP contribution in [0.1, 0.15) is 47.7 Å². The number of benzene rings is 3. The number of hydrogen-bond acceptors (Lipinski definition) is 4. The van der Waals surface area contributed by atoms with Gasteiger partial charge in [-0.2, -0.15) is 0 Å². The molecule has 0 N–H and O–H groups in total. The van der Waals surface area contributed by atoms with Crippen molar-refractivity contribution in [3.8, 4) is 11.5 Å². The first-order valence-corrected chi connectivity index (χ1v) is 13.1. The number of aromatic nitrogens is 2. The molecule has 5 rings (SSSR count). The quantitative estimate of drug-likeness (QED) is 0.251. The first-order valence-electron chi connectivity index (χ1n) is 13.1. The van der Waals surface area contributed by atoms with Gasteiger partial charge in [0.1, 0.15) is 17.3 Å². The number of fused-ring (bicyclic) bond motifs is 1. The van der Waals surface area contributed by atoms with E-state index in [1.54, 1.807) is 7.11 Å². The Labute approximate surface area is 218 Å². The van der Waals surface area contributed by atoms with E-state index in [1.165, 1.54) is 11.1 Å². The highest BCUT2D eigenvalue weighted by atomic mass is 16.5. The molecule has 3 aromatic carbocycles. The predicted octanol–water partition coefficient (Wildman–Crippen LogP) is 6.04. The third kappa shape index (κ3) is 5.48. The molecular formula is C31H35N3O3. The maximum absolute atomic E-state index is 12.9. The number of ether oxygens (including phenoxy) is 2. The minimum Gasteiger partial charge on any atom is -0.497 e. The Hall–Kier alpha value is -3.80. The van der Waals surface area contributed by atoms with Crippen LogP contribution in [0.4, 0.5) is 0 Å². The Kier molecular flexibility index (Phi) is 7.45. The van der Waals surface area contributed by atoms with Crippen LogP contribution >= 0.6 is 0 Å². The Morgan fingerprint density at radius 1 is 0.946 bits per heavy atom. The molecule has 4 aromatic rings. The molecule has 0 aliphatic carbocycles. The summed E-state index contributed by atoms with van der Waals surface area (Å²) in [5.74, 6) is 3.10. The van der Waals surface area contributed by atoms with Crippen LogP contribution in [0.3, 0.4) is 0 Å². The van der Waals surface area contributed by atoms with Gasteiger partial charge in [0.05, 0.1) is 24.8 Å². The molecule has 1 aliphatic rings. The first kappa shape index (κ1) is 24.9. The summed E-state index contributed by atoms with van der Waals surface area (Å²) < 4.78 is 13.7. The average molecular weight is 498 g/mol. The van der Waals surface area contributed by atoms with Crippen LogP contribution in [-0.2, 0) is 17.9 Å². The maximum Gasteiger partial charge on any atom is 0.223 e. The number of rotatable bonds is 10. The highest BCUT2D eigenvalue weighted by Crippen LogP contribution is 2.32. The van der Waals surface area contributed by atoms with Crippen LogP contribution < -0.4 is 9.47 Å². The molecule has 2 heterocycles. The lowest BCUT2D eigenvalue weighted by molar-refractivity contribution is -0.128. The van der Waals surface area contributed by atoms with Gasteiger partial charge < -0.3 is 18.9 Å². The summed E-state index contributed by atoms with van der Waals surface area (Å²) in [5.41, 5.74) is 5.58. The molecule has 0 spiro atoms. The number of likely N-dealkylation sites (tertiary alicyclic amines) is 1. The van der Waals surface area contributed by atoms with Crippen molar-refractivity contribution in [3.63, 3.8) is 0 Å². The summed E-state index contributed by atoms with van der Waals surface area (Å²) >= 11 is 0. The van der Waals surface area contributed by atoms with E-state index in [4.69, 9.17) is 14.5 Å². The van der Waals surface area contributed by atoms with Gasteiger partial charge in [0.25, 0.3) is 0 Å². The molecule has 37 heavy (non-hydrogen) atoms. The van der Waals surface area contributed by atoms with Gasteiger partial charge in [-0.05, 0) is 67.6 Å². The van der Waals surface area contributed by atoms with E-state index in [-0.39, 0.29) is 11.8 Å². The van der Waals surface area contributed by atoms with Gasteiger partial charge in [0.15, 0.2) is 0 Å². The van der Waals surface area contributed by atoms with Crippen molar-refractivity contribution in [3.05, 3.63) is 89.2 Å². The average Bonchev–Trinajstić information content (AvgIpc) is 3.46. The molecular weight excluding hydrogens is 462 g/mol. The van der Waals surface area contributed by atoms with Crippen LogP contribution in [0.5, 0.6) is 11.5 Å². The number of nitrogens with zero attached hydrogens (tertiary/aromatic N) is 3. The number of unbranched alkanes of at least 4 members (excludes halogenated alkanes) is 1. The molecule has 192 valence electrons. The SMILES string of the molecule is COc1ccc(CN2CC(c3nc4ccccc4n3CCCCOc3c(C)cccc3C)CC2=O)cc1. The lowest BCUT2D eigenvalue weighted by Gasteiger charge is -2.18. The smallest absolute Gasteiger partial charge is 0.223 e. The van der Waals surface area contributed by atoms with E-state index in [9.17, 15) is 4.79 Å². The summed E-state index contributed by atoms with van der Waals surface area (Å²) in [6.07, 6.45) is 2.43. The predicted molar refractivity (Wildman–Crippen MR) is 146 cm³/mol. The van der Waals surface area contributed by atoms with Gasteiger partial charge in [-0.3, -0.25) is 4.79 Å². The Morgan fingerprint density at radius 3 is 2.46 bits per heavy atom. The Morgan fingerprint density at radius 2 is 1.70 bits per heavy atom. The minimum atomic E-state index is 0.0871. The molecule has 1 atom stereocenters. The van der Waals surface area contributed by atoms with Crippen LogP contribution in [0.15, 0.2) is 66.7 Å². The van der Waals surface area contributed by atoms with Gasteiger partial charge >= 0.3 is 0 Å². The zero-order valence-corrected chi connectivity index (χ0v) is 21.9. The Balaban J connectivity index is 1.26. The fraction of sp³-hybridized carbons (Fsp3) is 0.355. The summed E-state index contributed by atoms with van der Waals surface area (Å²) in [6, 6.07) is 22.4. The van der Waals surface area contributed by atoms with Crippen molar-refractivity contribution in [2.24, 2.45) is 0 Å². The number of amides is 1. The van der Waals surface area contributed by atoms with E-state index in [2.05, 4.69) is 54.8 Å². The second kappa shape index (κ2) is 11.1. The number of para-hydroxylation sites is 3. The molecule has 1 fully saturated rings. The fourth-order valence-electron chi connectivity index (χ4n) is 5.26. The highest BCUT2D eigenvalue weighted by molar-refractivity contribution is 5.81. The van der Waals surface area contributed by atoms with Crippen LogP contribution in [0.2, 0.25) is 0 Å². The van der Waals surface area contributed by atoms with Crippen molar-refractivity contribution in [1.82, 2.24) is 14.5 Å². The van der Waals surface area contributed by atoms with Crippen LogP contribution in [-0.4, -0.2) is 40.6 Å². The second-order valence-electron chi connectivity index (χ2n) is 9.91. The third-order valence-electron chi connectivity index (χ3n) is 7.23. The topological polar surface area (TPSA) is 56.6 Å². The molecule has 1 aromatic heterocycles. The summed E-state index contributed by atoms with van der Waals surface area (Å²) in [4.78, 5) is 19.9. The summed E-state index contributed by atoms with van der Waals surface area (Å²) in [6.45, 7) is 7.01. The molecule has 0 saturated carbocycles. The summed E-state index contributed by atoms with van der Waals surface area (Å²) in [7, 11) is 1.66. The lowest BCUT2D eigenvalue weighted by atomic mass is 10.1. The molecule has 6 heteroatoms. The minimum absolute atomic E-state index is 0.0871. The lowest BCUT2D eigenvalue weighted by Crippen LogP contribution is -2.24. The number of aryl methyl sites for hydroxylation is 3. The van der Waals surface area contributed by atoms with E-state index in [1.807, 2.05) is 35.2 Å². The number of carbonyl (C=O) groups excluding carboxylic acids is 1. The van der Waals surface area contributed by atoms with E-state index >= 15 is 0 Å². The van der Waals surface area contributed by atoms with Crippen LogP contribution in [0, 0.1) is 13.8 Å². The van der Waals surface area contributed by atoms with E-state index in [0.29, 0.717) is 26.1 Å². The molecule has 6 nitrogen and oxygen atoms in total. The standard InChI is InChI=1S/C31H35N3O3/c1-22-9-8-10-23(2)30(22)37-18-7-6-17-34-28-12-5-4-11-27(28)32-31(34)25-19-29(35)33(21-25)20-24-13-15-26(36-3)16-14-24/h4-5,8-16,25H,6-7,17-21H2,1-3H3. The third-order valence-corrected chi connectivity index (χ3v) is 7.23. The fourth-order valence-corrected chi connectivity index (χ4v) is 5.26. The van der Waals surface area contributed by atoms with E-state index < -0.39 is 0 Å². The zero-order chi connectivity index (χ0) is 25.8. The summed E-state index contributed by atoms with van der Waals surface area (Å²) in [5, 5.41) is 0. The number of methoxy groups -OCH3 is 1. The molecule has 0 bridgehead atoms. The van der Waals surface area contributed by atoms with Crippen molar-refractivity contribution in [1.29, 1.82) is 0 Å². The van der Waals surface area contributed by atoms with Crippen molar-refractivity contribution < 1.29 is 14.3 Å². The zero-order valence-electron chi connectivity index (χ0n) is 21.9. The largest absolute Gasteiger partial charge is 0.497 e. The van der Waals surface area contributed by atoms with Crippen molar-refractivity contribution in [2.75, 3.05) is 20.3 Å². The van der Waals surface area contributed by atoms with Gasteiger partial charge in [-0.25, -0.2) is 4.98 Å². The normalized spacial score (nSPS) is 15.5. The molecule has 1 aliphatic heterocycles. The van der Waals surface area contributed by atoms with Crippen molar-refractivity contribution >= 4 is 16.9 Å². The second-order valence-corrected chi connectivity index (χ2v) is 9.91. The molecule has 1 saturated heterocycles. The van der Waals surface area contributed by atoms with Gasteiger partial charge in [0, 0.05) is 32.0 Å². The number of imidazole rings is 1. The first-order chi connectivity index (χ1) is 18.0. The molecule has 0 radical (unpaired) electrons. The Bertz CT molecular complexity index is 1360. The van der Waals surface area contributed by atoms with E-state index in [0.717, 1.165) is 53.3 Å². The van der Waals surface area contributed by atoms with Gasteiger partial charge in [-0.1, -0.05) is 42.5 Å². The van der Waals surface area contributed by atoms with Crippen LogP contribution in [0.25, 0.3) is 11.0 Å². The number of hydrogen-bond donors (Lipinski definition) is 0. The number of carbonyl (C=O) groups is 1. The van der Waals surface area contributed by atoms with Gasteiger partial charge in [-0.15, -0.1) is 0 Å². The monoisotopic (exact) mass is 497 g/mol. The molecule has 1 unspecified atom stereocenters. The highest BCUT2D eigenvalue weighted by Gasteiger charge is 2.34. The maximum atomic E-state index is 12.9. The van der Waals surface area contributed by atoms with Gasteiger partial charge in [0.2, 0.25) is 5.91 Å².